The molecule has 0 aromatic rings. The molecule has 2 N–H and O–H groups in total. The third-order valence-electron chi connectivity index (χ3n) is 4.18. The topological polar surface area (TPSA) is 45.7 Å². The first kappa shape index (κ1) is 16.0. The fraction of sp³-hybridized carbons (Fsp3) is 0.933. The van der Waals surface area contributed by atoms with E-state index in [1.165, 1.54) is 31.4 Å². The highest BCUT2D eigenvalue weighted by Crippen LogP contribution is 2.28. The number of hydrogen-bond acceptors (Lipinski definition) is 3. The van der Waals surface area contributed by atoms with E-state index < -0.39 is 0 Å². The zero-order valence-electron chi connectivity index (χ0n) is 13.1. The summed E-state index contributed by atoms with van der Waals surface area (Å²) in [6, 6.07) is 0.574. The van der Waals surface area contributed by atoms with Gasteiger partial charge in [0.15, 0.2) is 5.96 Å². The Morgan fingerprint density at radius 1 is 1.40 bits per heavy atom. The van der Waals surface area contributed by atoms with Gasteiger partial charge < -0.3 is 15.4 Å². The van der Waals surface area contributed by atoms with Crippen molar-refractivity contribution in [3.8, 4) is 0 Å². The van der Waals surface area contributed by atoms with Crippen LogP contribution in [0.15, 0.2) is 4.99 Å². The summed E-state index contributed by atoms with van der Waals surface area (Å²) in [7, 11) is 1.86. The summed E-state index contributed by atoms with van der Waals surface area (Å²) in [5.41, 5.74) is 0.283. The maximum atomic E-state index is 5.29. The molecule has 0 amide bonds. The molecule has 116 valence electrons. The number of guanidine groups is 1. The van der Waals surface area contributed by atoms with Gasteiger partial charge in [-0.1, -0.05) is 20.3 Å². The molecule has 2 atom stereocenters. The first-order chi connectivity index (χ1) is 9.65. The largest absolute Gasteiger partial charge is 0.380 e. The second-order valence-electron chi connectivity index (χ2n) is 6.31. The molecule has 1 aliphatic heterocycles. The van der Waals surface area contributed by atoms with Crippen LogP contribution in [0.3, 0.4) is 0 Å². The van der Waals surface area contributed by atoms with Crippen molar-refractivity contribution in [1.29, 1.82) is 0 Å². The summed E-state index contributed by atoms with van der Waals surface area (Å²) >= 11 is 2.10. The van der Waals surface area contributed by atoms with Gasteiger partial charge in [-0.3, -0.25) is 4.99 Å². The van der Waals surface area contributed by atoms with E-state index in [0.29, 0.717) is 6.04 Å². The molecule has 0 spiro atoms. The van der Waals surface area contributed by atoms with Crippen LogP contribution < -0.4 is 10.6 Å². The molecular formula is C15H29N3OS. The fourth-order valence-electron chi connectivity index (χ4n) is 2.90. The maximum absolute atomic E-state index is 5.29. The Hall–Kier alpha value is -0.420. The minimum absolute atomic E-state index is 0.283. The Morgan fingerprint density at radius 2 is 2.20 bits per heavy atom. The maximum Gasteiger partial charge on any atom is 0.191 e. The average molecular weight is 299 g/mol. The zero-order valence-corrected chi connectivity index (χ0v) is 13.9. The standard InChI is InChI=1S/C15H29N3OS/c1-4-20-13-7-5-6-12(8-13)18-14(16-3)17-9-15(2)10-19-11-15/h12-13H,4-11H2,1-3H3,(H2,16,17,18). The van der Waals surface area contributed by atoms with E-state index >= 15 is 0 Å². The molecule has 20 heavy (non-hydrogen) atoms. The number of hydrogen-bond donors (Lipinski definition) is 2. The molecule has 1 saturated carbocycles. The molecule has 0 bridgehead atoms. The molecule has 0 aromatic heterocycles. The quantitative estimate of drug-likeness (QED) is 0.604. The Kier molecular flexibility index (Phi) is 6.02. The van der Waals surface area contributed by atoms with Crippen LogP contribution in [0.5, 0.6) is 0 Å². The normalized spacial score (nSPS) is 29.6. The summed E-state index contributed by atoms with van der Waals surface area (Å²) in [5.74, 6) is 2.17. The van der Waals surface area contributed by atoms with Crippen LogP contribution in [0.25, 0.3) is 0 Å². The lowest BCUT2D eigenvalue weighted by Crippen LogP contribution is -2.53. The predicted octanol–water partition coefficient (Wildman–Crippen LogP) is 2.25. The molecule has 2 fully saturated rings. The summed E-state index contributed by atoms with van der Waals surface area (Å²) in [5, 5.41) is 7.88. The van der Waals surface area contributed by atoms with Gasteiger partial charge in [-0.2, -0.15) is 11.8 Å². The lowest BCUT2D eigenvalue weighted by atomic mass is 9.89. The average Bonchev–Trinajstić information content (AvgIpc) is 2.42. The highest BCUT2D eigenvalue weighted by molar-refractivity contribution is 7.99. The number of nitrogens with zero attached hydrogens (tertiary/aromatic N) is 1. The van der Waals surface area contributed by atoms with Gasteiger partial charge in [0, 0.05) is 30.3 Å². The molecule has 0 radical (unpaired) electrons. The minimum atomic E-state index is 0.283. The van der Waals surface area contributed by atoms with E-state index in [2.05, 4.69) is 41.2 Å². The second-order valence-corrected chi connectivity index (χ2v) is 7.89. The monoisotopic (exact) mass is 299 g/mol. The van der Waals surface area contributed by atoms with Crippen molar-refractivity contribution in [3.63, 3.8) is 0 Å². The van der Waals surface area contributed by atoms with Gasteiger partial charge in [0.1, 0.15) is 0 Å². The number of nitrogens with one attached hydrogen (secondary N) is 2. The minimum Gasteiger partial charge on any atom is -0.380 e. The third kappa shape index (κ3) is 4.55. The molecule has 2 rings (SSSR count). The Morgan fingerprint density at radius 3 is 2.80 bits per heavy atom. The van der Waals surface area contributed by atoms with Crippen molar-refractivity contribution in [1.82, 2.24) is 10.6 Å². The molecule has 2 aliphatic rings. The SMILES string of the molecule is CCSC1CCCC(NC(=NC)NCC2(C)COC2)C1. The molecule has 2 unspecified atom stereocenters. The summed E-state index contributed by atoms with van der Waals surface area (Å²) in [4.78, 5) is 4.36. The van der Waals surface area contributed by atoms with Crippen LogP contribution in [-0.2, 0) is 4.74 Å². The highest BCUT2D eigenvalue weighted by atomic mass is 32.2. The second kappa shape index (κ2) is 7.55. The first-order valence-electron chi connectivity index (χ1n) is 7.82. The van der Waals surface area contributed by atoms with Crippen molar-refractivity contribution in [2.75, 3.05) is 32.6 Å². The number of ether oxygens (including phenoxy) is 1. The smallest absolute Gasteiger partial charge is 0.191 e. The van der Waals surface area contributed by atoms with Gasteiger partial charge in [-0.15, -0.1) is 0 Å². The molecular weight excluding hydrogens is 270 g/mol. The number of aliphatic imine (C=N–C) groups is 1. The highest BCUT2D eigenvalue weighted by Gasteiger charge is 2.33. The van der Waals surface area contributed by atoms with Crippen LogP contribution >= 0.6 is 11.8 Å². The lowest BCUT2D eigenvalue weighted by molar-refractivity contribution is -0.0971. The van der Waals surface area contributed by atoms with Crippen LogP contribution in [0, 0.1) is 5.41 Å². The van der Waals surface area contributed by atoms with E-state index in [4.69, 9.17) is 4.74 Å². The van der Waals surface area contributed by atoms with E-state index in [1.54, 1.807) is 0 Å². The molecule has 1 saturated heterocycles. The number of rotatable bonds is 5. The van der Waals surface area contributed by atoms with Gasteiger partial charge >= 0.3 is 0 Å². The van der Waals surface area contributed by atoms with Crippen LogP contribution in [-0.4, -0.2) is 49.8 Å². The molecule has 0 aromatic carbocycles. The van der Waals surface area contributed by atoms with E-state index in [-0.39, 0.29) is 5.41 Å². The first-order valence-corrected chi connectivity index (χ1v) is 8.86. The van der Waals surface area contributed by atoms with Crippen molar-refractivity contribution in [3.05, 3.63) is 0 Å². The summed E-state index contributed by atoms with van der Waals surface area (Å²) < 4.78 is 5.29. The van der Waals surface area contributed by atoms with Crippen LogP contribution in [0.1, 0.15) is 39.5 Å². The Bertz CT molecular complexity index is 329. The number of thioether (sulfide) groups is 1. The fourth-order valence-corrected chi connectivity index (χ4v) is 4.07. The lowest BCUT2D eigenvalue weighted by Gasteiger charge is -2.38. The van der Waals surface area contributed by atoms with E-state index in [9.17, 15) is 0 Å². The van der Waals surface area contributed by atoms with Crippen molar-refractivity contribution in [2.24, 2.45) is 10.4 Å². The van der Waals surface area contributed by atoms with Crippen molar-refractivity contribution >= 4 is 17.7 Å². The van der Waals surface area contributed by atoms with Gasteiger partial charge in [0.2, 0.25) is 0 Å². The van der Waals surface area contributed by atoms with Crippen molar-refractivity contribution < 1.29 is 4.74 Å². The molecule has 1 aliphatic carbocycles. The van der Waals surface area contributed by atoms with Crippen LogP contribution in [0.2, 0.25) is 0 Å². The third-order valence-corrected chi connectivity index (χ3v) is 5.41. The summed E-state index contributed by atoms with van der Waals surface area (Å²) in [6.07, 6.45) is 5.23. The Balaban J connectivity index is 1.74. The van der Waals surface area contributed by atoms with Crippen LogP contribution in [0.4, 0.5) is 0 Å². The predicted molar refractivity (Wildman–Crippen MR) is 87.6 cm³/mol. The van der Waals surface area contributed by atoms with Crippen molar-refractivity contribution in [2.45, 2.75) is 50.8 Å². The van der Waals surface area contributed by atoms with E-state index in [0.717, 1.165) is 31.0 Å². The zero-order chi connectivity index (χ0) is 14.4. The Labute approximate surface area is 127 Å². The van der Waals surface area contributed by atoms with Gasteiger partial charge in [-0.05, 0) is 25.0 Å². The molecule has 5 heteroatoms. The molecule has 1 heterocycles. The van der Waals surface area contributed by atoms with Gasteiger partial charge in [0.25, 0.3) is 0 Å². The van der Waals surface area contributed by atoms with Gasteiger partial charge in [0.05, 0.1) is 13.2 Å². The summed E-state index contributed by atoms with van der Waals surface area (Å²) in [6.45, 7) is 7.16. The van der Waals surface area contributed by atoms with E-state index in [1.807, 2.05) is 7.05 Å². The molecule has 4 nitrogen and oxygen atoms in total. The van der Waals surface area contributed by atoms with Gasteiger partial charge in [-0.25, -0.2) is 0 Å².